The Bertz CT molecular complexity index is 494. The first-order valence-electron chi connectivity index (χ1n) is 7.37. The molecule has 0 spiro atoms. The monoisotopic (exact) mass is 292 g/mol. The van der Waals surface area contributed by atoms with Gasteiger partial charge in [0.1, 0.15) is 6.61 Å². The number of hydrogen-bond acceptors (Lipinski definition) is 4. The van der Waals surface area contributed by atoms with Crippen LogP contribution in [0.15, 0.2) is 18.2 Å². The summed E-state index contributed by atoms with van der Waals surface area (Å²) in [7, 11) is 0. The van der Waals surface area contributed by atoms with Crippen LogP contribution in [0, 0.1) is 6.92 Å². The largest absolute Gasteiger partial charge is 0.398 e. The Morgan fingerprint density at radius 2 is 2.05 bits per heavy atom. The molecule has 2 atom stereocenters. The summed E-state index contributed by atoms with van der Waals surface area (Å²) in [6.07, 6.45) is 2.09. The molecule has 1 fully saturated rings. The van der Waals surface area contributed by atoms with Gasteiger partial charge in [0, 0.05) is 11.4 Å². The fourth-order valence-electron chi connectivity index (χ4n) is 2.65. The molecule has 1 saturated heterocycles. The fourth-order valence-corrected chi connectivity index (χ4v) is 2.65. The number of nitrogen functional groups attached to an aromatic ring is 1. The van der Waals surface area contributed by atoms with Gasteiger partial charge in [0.05, 0.1) is 18.3 Å². The molecule has 0 radical (unpaired) electrons. The van der Waals surface area contributed by atoms with Crippen molar-refractivity contribution in [2.45, 2.75) is 51.9 Å². The molecule has 1 heterocycles. The maximum atomic E-state index is 12.0. The third-order valence-corrected chi connectivity index (χ3v) is 3.75. The zero-order chi connectivity index (χ0) is 15.4. The van der Waals surface area contributed by atoms with Gasteiger partial charge in [-0.2, -0.15) is 0 Å². The molecule has 1 aromatic rings. The van der Waals surface area contributed by atoms with E-state index >= 15 is 0 Å². The van der Waals surface area contributed by atoms with Gasteiger partial charge in [-0.1, -0.05) is 6.07 Å². The number of carbonyl (C=O) groups excluding carboxylic acids is 1. The molecule has 5 heteroatoms. The average molecular weight is 292 g/mol. The standard InChI is InChI=1S/C16H24N2O3/c1-10-7-13(8-11(2)21-10)20-9-16(19)18-15-6-4-5-14(17)12(15)3/h4-6,10-11,13H,7-9,17H2,1-3H3,(H,18,19). The Balaban J connectivity index is 1.83. The molecule has 1 aromatic carbocycles. The number of nitrogens with two attached hydrogens (primary N) is 1. The van der Waals surface area contributed by atoms with Gasteiger partial charge in [0.15, 0.2) is 0 Å². The molecule has 1 amide bonds. The highest BCUT2D eigenvalue weighted by Crippen LogP contribution is 2.22. The first-order chi connectivity index (χ1) is 9.95. The smallest absolute Gasteiger partial charge is 0.250 e. The Labute approximate surface area is 125 Å². The minimum absolute atomic E-state index is 0.0539. The fraction of sp³-hybridized carbons (Fsp3) is 0.562. The molecule has 0 aromatic heterocycles. The van der Waals surface area contributed by atoms with E-state index in [2.05, 4.69) is 5.32 Å². The number of carbonyl (C=O) groups is 1. The molecule has 0 aliphatic carbocycles. The van der Waals surface area contributed by atoms with Gasteiger partial charge in [0.2, 0.25) is 5.91 Å². The van der Waals surface area contributed by atoms with Crippen molar-refractivity contribution in [3.8, 4) is 0 Å². The van der Waals surface area contributed by atoms with Crippen LogP contribution < -0.4 is 11.1 Å². The molecule has 21 heavy (non-hydrogen) atoms. The van der Waals surface area contributed by atoms with E-state index in [0.29, 0.717) is 5.69 Å². The van der Waals surface area contributed by atoms with Gasteiger partial charge in [-0.15, -0.1) is 0 Å². The van der Waals surface area contributed by atoms with Crippen molar-refractivity contribution in [1.82, 2.24) is 0 Å². The second-order valence-corrected chi connectivity index (χ2v) is 5.73. The van der Waals surface area contributed by atoms with E-state index in [4.69, 9.17) is 15.2 Å². The van der Waals surface area contributed by atoms with E-state index in [1.165, 1.54) is 0 Å². The Hall–Kier alpha value is -1.59. The molecule has 1 aliphatic rings. The highest BCUT2D eigenvalue weighted by atomic mass is 16.5. The zero-order valence-corrected chi connectivity index (χ0v) is 12.9. The van der Waals surface area contributed by atoms with Crippen molar-refractivity contribution in [2.24, 2.45) is 0 Å². The Morgan fingerprint density at radius 1 is 1.38 bits per heavy atom. The maximum Gasteiger partial charge on any atom is 0.250 e. The molecular formula is C16H24N2O3. The maximum absolute atomic E-state index is 12.0. The van der Waals surface area contributed by atoms with E-state index in [1.54, 1.807) is 0 Å². The number of rotatable bonds is 4. The van der Waals surface area contributed by atoms with Crippen molar-refractivity contribution in [3.05, 3.63) is 23.8 Å². The van der Waals surface area contributed by atoms with Crippen LogP contribution in [0.5, 0.6) is 0 Å². The summed E-state index contributed by atoms with van der Waals surface area (Å²) >= 11 is 0. The van der Waals surface area contributed by atoms with E-state index in [0.717, 1.165) is 24.1 Å². The highest BCUT2D eigenvalue weighted by Gasteiger charge is 2.25. The van der Waals surface area contributed by atoms with Gasteiger partial charge in [-0.25, -0.2) is 0 Å². The van der Waals surface area contributed by atoms with Gasteiger partial charge in [-0.05, 0) is 51.3 Å². The summed E-state index contributed by atoms with van der Waals surface area (Å²) in [5.41, 5.74) is 8.10. The van der Waals surface area contributed by atoms with Crippen LogP contribution in [0.4, 0.5) is 11.4 Å². The molecule has 116 valence electrons. The van der Waals surface area contributed by atoms with E-state index in [1.807, 2.05) is 39.0 Å². The van der Waals surface area contributed by atoms with Gasteiger partial charge < -0.3 is 20.5 Å². The molecule has 5 nitrogen and oxygen atoms in total. The first kappa shape index (κ1) is 15.8. The van der Waals surface area contributed by atoms with Crippen LogP contribution in [0.3, 0.4) is 0 Å². The lowest BCUT2D eigenvalue weighted by molar-refractivity contribution is -0.131. The lowest BCUT2D eigenvalue weighted by atomic mass is 10.0. The summed E-state index contributed by atoms with van der Waals surface area (Å²) in [5.74, 6) is -0.157. The van der Waals surface area contributed by atoms with E-state index in [-0.39, 0.29) is 30.8 Å². The van der Waals surface area contributed by atoms with Crippen LogP contribution in [0.2, 0.25) is 0 Å². The second kappa shape index (κ2) is 6.91. The summed E-state index contributed by atoms with van der Waals surface area (Å²) in [6, 6.07) is 5.47. The second-order valence-electron chi connectivity index (χ2n) is 5.73. The summed E-state index contributed by atoms with van der Waals surface area (Å²) in [4.78, 5) is 12.0. The van der Waals surface area contributed by atoms with Crippen molar-refractivity contribution < 1.29 is 14.3 Å². The van der Waals surface area contributed by atoms with Crippen LogP contribution in [0.1, 0.15) is 32.3 Å². The minimum atomic E-state index is -0.157. The molecule has 2 rings (SSSR count). The topological polar surface area (TPSA) is 73.6 Å². The van der Waals surface area contributed by atoms with Gasteiger partial charge >= 0.3 is 0 Å². The molecule has 3 N–H and O–H groups in total. The molecule has 0 bridgehead atoms. The van der Waals surface area contributed by atoms with Crippen molar-refractivity contribution >= 4 is 17.3 Å². The average Bonchev–Trinajstić information content (AvgIpc) is 2.41. The molecule has 0 saturated carbocycles. The van der Waals surface area contributed by atoms with Gasteiger partial charge in [0.25, 0.3) is 0 Å². The van der Waals surface area contributed by atoms with Crippen LogP contribution in [-0.4, -0.2) is 30.8 Å². The van der Waals surface area contributed by atoms with Crippen molar-refractivity contribution in [2.75, 3.05) is 17.7 Å². The minimum Gasteiger partial charge on any atom is -0.398 e. The third-order valence-electron chi connectivity index (χ3n) is 3.75. The van der Waals surface area contributed by atoms with E-state index < -0.39 is 0 Å². The van der Waals surface area contributed by atoms with Gasteiger partial charge in [-0.3, -0.25) is 4.79 Å². The van der Waals surface area contributed by atoms with E-state index in [9.17, 15) is 4.79 Å². The number of amides is 1. The Kier molecular flexibility index (Phi) is 5.20. The highest BCUT2D eigenvalue weighted by molar-refractivity contribution is 5.93. The lowest BCUT2D eigenvalue weighted by Gasteiger charge is -2.31. The number of hydrogen-bond donors (Lipinski definition) is 2. The Morgan fingerprint density at radius 3 is 2.71 bits per heavy atom. The normalized spacial score (nSPS) is 25.6. The summed E-state index contributed by atoms with van der Waals surface area (Å²) in [5, 5.41) is 2.84. The number of nitrogens with one attached hydrogen (secondary N) is 1. The summed E-state index contributed by atoms with van der Waals surface area (Å²) in [6.45, 7) is 6.00. The molecule has 2 unspecified atom stereocenters. The van der Waals surface area contributed by atoms with Crippen LogP contribution in [0.25, 0.3) is 0 Å². The third kappa shape index (κ3) is 4.44. The van der Waals surface area contributed by atoms with Crippen LogP contribution in [-0.2, 0) is 14.3 Å². The number of ether oxygens (including phenoxy) is 2. The number of benzene rings is 1. The van der Waals surface area contributed by atoms with Crippen molar-refractivity contribution in [1.29, 1.82) is 0 Å². The first-order valence-corrected chi connectivity index (χ1v) is 7.37. The molecule has 1 aliphatic heterocycles. The predicted octanol–water partition coefficient (Wildman–Crippen LogP) is 2.49. The van der Waals surface area contributed by atoms with Crippen molar-refractivity contribution in [3.63, 3.8) is 0 Å². The number of anilines is 2. The summed E-state index contributed by atoms with van der Waals surface area (Å²) < 4.78 is 11.4. The SMILES string of the molecule is Cc1c(N)cccc1NC(=O)COC1CC(C)OC(C)C1. The predicted molar refractivity (Wildman–Crippen MR) is 83.2 cm³/mol. The lowest BCUT2D eigenvalue weighted by Crippen LogP contribution is -2.35. The quantitative estimate of drug-likeness (QED) is 0.836. The molecular weight excluding hydrogens is 268 g/mol. The zero-order valence-electron chi connectivity index (χ0n) is 12.9. The van der Waals surface area contributed by atoms with Crippen LogP contribution >= 0.6 is 0 Å².